The summed E-state index contributed by atoms with van der Waals surface area (Å²) in [5.74, 6) is -0.0148. The van der Waals surface area contributed by atoms with Crippen molar-refractivity contribution in [3.63, 3.8) is 0 Å². The summed E-state index contributed by atoms with van der Waals surface area (Å²) in [7, 11) is 0. The van der Waals surface area contributed by atoms with Crippen LogP contribution in [0.15, 0.2) is 30.7 Å². The maximum atomic E-state index is 13.1. The molecule has 0 spiro atoms. The summed E-state index contributed by atoms with van der Waals surface area (Å²) >= 11 is 0. The Hall–Kier alpha value is -3.14. The monoisotopic (exact) mass is 486 g/mol. The highest BCUT2D eigenvalue weighted by molar-refractivity contribution is 5.82. The number of alkyl halides is 3. The fourth-order valence-electron chi connectivity index (χ4n) is 5.14. The normalized spacial score (nSPS) is 31.7. The summed E-state index contributed by atoms with van der Waals surface area (Å²) < 4.78 is 38.8. The van der Waals surface area contributed by atoms with Gasteiger partial charge in [-0.05, 0) is 43.9 Å². The fourth-order valence-corrected chi connectivity index (χ4v) is 5.14. The fraction of sp³-hybridized carbons (Fsp3) is 0.522. The Bertz CT molecular complexity index is 1130. The minimum atomic E-state index is -4.53. The summed E-state index contributed by atoms with van der Waals surface area (Å²) in [6, 6.07) is 3.20. The number of hydrogen-bond acceptors (Lipinski definition) is 8. The molecule has 2 saturated heterocycles. The molecule has 184 valence electrons. The number of carbonyl (C=O) groups is 1. The first-order chi connectivity index (χ1) is 16.7. The van der Waals surface area contributed by atoms with Crippen LogP contribution in [0.5, 0.6) is 0 Å². The molecular weight excluding hydrogens is 461 g/mol. The zero-order chi connectivity index (χ0) is 24.9. The average Bonchev–Trinajstić information content (AvgIpc) is 3.18. The van der Waals surface area contributed by atoms with Gasteiger partial charge >= 0.3 is 6.18 Å². The van der Waals surface area contributed by atoms with Crippen LogP contribution in [0.1, 0.15) is 54.4 Å². The Balaban J connectivity index is 1.37. The molecule has 35 heavy (non-hydrogen) atoms. The van der Waals surface area contributed by atoms with E-state index in [9.17, 15) is 23.2 Å². The molecule has 0 bridgehead atoms. The third-order valence-electron chi connectivity index (χ3n) is 7.24. The van der Waals surface area contributed by atoms with Crippen LogP contribution in [0.2, 0.25) is 0 Å². The first-order valence-corrected chi connectivity index (χ1v) is 11.5. The third-order valence-corrected chi connectivity index (χ3v) is 7.24. The van der Waals surface area contributed by atoms with Crippen molar-refractivity contribution in [3.05, 3.63) is 53.4 Å². The highest BCUT2D eigenvalue weighted by Gasteiger charge is 2.54. The molecule has 7 unspecified atom stereocenters. The second-order valence-corrected chi connectivity index (χ2v) is 9.38. The molecule has 0 aromatic carbocycles. The van der Waals surface area contributed by atoms with Crippen LogP contribution >= 0.6 is 0 Å². The van der Waals surface area contributed by atoms with E-state index in [0.717, 1.165) is 30.3 Å². The van der Waals surface area contributed by atoms with E-state index in [0.29, 0.717) is 5.56 Å². The first kappa shape index (κ1) is 23.6. The third kappa shape index (κ3) is 4.24. The molecule has 1 amide bonds. The molecular formula is C23H25F3N8O. The quantitative estimate of drug-likeness (QED) is 0.602. The predicted molar refractivity (Wildman–Crippen MR) is 117 cm³/mol. The predicted octanol–water partition coefficient (Wildman–Crippen LogP) is 2.15. The largest absolute Gasteiger partial charge is 0.433 e. The molecule has 7 atom stereocenters. The van der Waals surface area contributed by atoms with E-state index < -0.39 is 36.0 Å². The van der Waals surface area contributed by atoms with Crippen molar-refractivity contribution in [1.29, 1.82) is 5.26 Å². The molecule has 3 N–H and O–H groups in total. The maximum absolute atomic E-state index is 13.1. The number of amides is 1. The Kier molecular flexibility index (Phi) is 5.94. The van der Waals surface area contributed by atoms with Gasteiger partial charge in [0.25, 0.3) is 0 Å². The van der Waals surface area contributed by atoms with Gasteiger partial charge in [0.05, 0.1) is 24.3 Å². The number of nitrogens with one attached hydrogen (secondary N) is 3. The minimum Gasteiger partial charge on any atom is -0.340 e. The van der Waals surface area contributed by atoms with Gasteiger partial charge in [-0.25, -0.2) is 20.4 Å². The van der Waals surface area contributed by atoms with E-state index >= 15 is 0 Å². The van der Waals surface area contributed by atoms with Crippen molar-refractivity contribution in [2.45, 2.75) is 63.2 Å². The second-order valence-electron chi connectivity index (χ2n) is 9.38. The topological polar surface area (TPSA) is 119 Å². The van der Waals surface area contributed by atoms with Gasteiger partial charge in [-0.2, -0.15) is 18.4 Å². The van der Waals surface area contributed by atoms with Gasteiger partial charge in [-0.15, -0.1) is 0 Å². The summed E-state index contributed by atoms with van der Waals surface area (Å²) in [6.45, 7) is 3.72. The molecule has 3 aliphatic rings. The van der Waals surface area contributed by atoms with Crippen molar-refractivity contribution in [2.75, 3.05) is 0 Å². The smallest absolute Gasteiger partial charge is 0.340 e. The molecule has 1 saturated carbocycles. The van der Waals surface area contributed by atoms with Crippen LogP contribution in [0, 0.1) is 30.1 Å². The lowest BCUT2D eigenvalue weighted by Crippen LogP contribution is -2.68. The van der Waals surface area contributed by atoms with E-state index in [-0.39, 0.29) is 23.9 Å². The van der Waals surface area contributed by atoms with Gasteiger partial charge < -0.3 is 5.32 Å². The first-order valence-electron chi connectivity index (χ1n) is 11.5. The molecule has 9 nitrogen and oxygen atoms in total. The van der Waals surface area contributed by atoms with Gasteiger partial charge in [0.1, 0.15) is 17.6 Å². The van der Waals surface area contributed by atoms with Gasteiger partial charge in [0.15, 0.2) is 0 Å². The highest BCUT2D eigenvalue weighted by Crippen LogP contribution is 2.44. The van der Waals surface area contributed by atoms with E-state index in [1.165, 1.54) is 12.3 Å². The lowest BCUT2D eigenvalue weighted by Gasteiger charge is -2.47. The molecule has 0 radical (unpaired) electrons. The molecule has 1 aliphatic carbocycles. The maximum Gasteiger partial charge on any atom is 0.433 e. The molecule has 2 aromatic rings. The van der Waals surface area contributed by atoms with Crippen molar-refractivity contribution < 1.29 is 18.0 Å². The lowest BCUT2D eigenvalue weighted by atomic mass is 9.70. The van der Waals surface area contributed by atoms with Crippen LogP contribution in [0.4, 0.5) is 13.2 Å². The number of nitriles is 1. The van der Waals surface area contributed by atoms with Gasteiger partial charge in [-0.1, -0.05) is 6.07 Å². The lowest BCUT2D eigenvalue weighted by molar-refractivity contribution is -0.141. The number of aryl methyl sites for hydroxylation is 1. The summed E-state index contributed by atoms with van der Waals surface area (Å²) in [5.41, 5.74) is 3.60. The van der Waals surface area contributed by atoms with Crippen molar-refractivity contribution in [1.82, 2.24) is 36.0 Å². The Morgan fingerprint density at radius 1 is 1.17 bits per heavy atom. The van der Waals surface area contributed by atoms with E-state index in [4.69, 9.17) is 0 Å². The Labute approximate surface area is 200 Å². The van der Waals surface area contributed by atoms with Crippen molar-refractivity contribution in [2.24, 2.45) is 11.8 Å². The second kappa shape index (κ2) is 8.82. The number of pyridine rings is 1. The van der Waals surface area contributed by atoms with E-state index in [2.05, 4.69) is 37.1 Å². The molecule has 5 rings (SSSR count). The summed E-state index contributed by atoms with van der Waals surface area (Å²) in [6.07, 6.45) is 1.11. The Morgan fingerprint density at radius 3 is 2.49 bits per heavy atom. The molecule has 2 aromatic heterocycles. The molecule has 2 aliphatic heterocycles. The highest BCUT2D eigenvalue weighted by atomic mass is 19.4. The number of halogens is 3. The van der Waals surface area contributed by atoms with Crippen LogP contribution in [-0.2, 0) is 11.0 Å². The molecule has 3 fully saturated rings. The van der Waals surface area contributed by atoms with E-state index in [1.54, 1.807) is 24.3 Å². The summed E-state index contributed by atoms with van der Waals surface area (Å²) in [4.78, 5) is 25.6. The minimum absolute atomic E-state index is 0.0774. The van der Waals surface area contributed by atoms with Crippen molar-refractivity contribution >= 4 is 5.91 Å². The van der Waals surface area contributed by atoms with Gasteiger partial charge in [-0.3, -0.25) is 15.1 Å². The SMILES string of the molecule is Cc1cnc(C2CCC2C2NC(=O)C3C(C#N)NN(C(C)c4ccc(C(F)(F)F)nc4)C3N2)nc1. The average molecular weight is 487 g/mol. The van der Waals surface area contributed by atoms with Gasteiger partial charge in [0.2, 0.25) is 5.91 Å². The van der Waals surface area contributed by atoms with Crippen molar-refractivity contribution in [3.8, 4) is 6.07 Å². The number of hydrogen-bond donors (Lipinski definition) is 3. The number of nitrogens with zero attached hydrogens (tertiary/aromatic N) is 5. The van der Waals surface area contributed by atoms with Gasteiger partial charge in [0, 0.05) is 36.5 Å². The number of carbonyl (C=O) groups excluding carboxylic acids is 1. The molecule has 4 heterocycles. The standard InChI is InChI=1S/C23H25F3N8O/c1-11-8-29-19(30-9-11)14-4-5-15(14)20-31-21-18(22(35)32-20)16(7-27)33-34(21)12(2)13-3-6-17(28-10-13)23(24,25)26/h3,6,8-10,12,14-16,18,20-21,31,33H,4-5H2,1-2H3,(H,32,35). The van der Waals surface area contributed by atoms with Crippen LogP contribution in [0.25, 0.3) is 0 Å². The van der Waals surface area contributed by atoms with E-state index in [1.807, 2.05) is 6.92 Å². The number of hydrazine groups is 1. The van der Waals surface area contributed by atoms with Crippen LogP contribution < -0.4 is 16.1 Å². The summed E-state index contributed by atoms with van der Waals surface area (Å²) in [5, 5.41) is 17.9. The molecule has 12 heteroatoms. The zero-order valence-corrected chi connectivity index (χ0v) is 19.1. The Morgan fingerprint density at radius 2 is 1.91 bits per heavy atom. The number of fused-ring (bicyclic) bond motifs is 1. The zero-order valence-electron chi connectivity index (χ0n) is 19.1. The van der Waals surface area contributed by atoms with Crippen LogP contribution in [0.3, 0.4) is 0 Å². The number of aromatic nitrogens is 3. The van der Waals surface area contributed by atoms with Crippen LogP contribution in [-0.4, -0.2) is 44.2 Å². The number of rotatable bonds is 4.